The van der Waals surface area contributed by atoms with Gasteiger partial charge in [0.15, 0.2) is 5.82 Å². The fourth-order valence-corrected chi connectivity index (χ4v) is 1.37. The molecule has 2 aromatic heterocycles. The van der Waals surface area contributed by atoms with Gasteiger partial charge in [0, 0.05) is 11.8 Å². The van der Waals surface area contributed by atoms with Crippen molar-refractivity contribution >= 4 is 23.6 Å². The molecule has 2 rings (SSSR count). The lowest BCUT2D eigenvalue weighted by atomic mass is 10.2. The second-order valence-electron chi connectivity index (χ2n) is 3.57. The molecule has 0 radical (unpaired) electrons. The first-order valence-corrected chi connectivity index (χ1v) is 5.63. The standard InChI is InChI=1S/C11H7ClF3N5/c12-9-5-16-6-10(19-9)20-18-4-7-1-2-8(17-3-7)11(13,14)15/h1-6H,(H,19,20)/b18-4+. The highest BCUT2D eigenvalue weighted by Gasteiger charge is 2.31. The molecule has 2 heterocycles. The number of aromatic nitrogens is 3. The van der Waals surface area contributed by atoms with Crippen LogP contribution in [0.2, 0.25) is 5.15 Å². The van der Waals surface area contributed by atoms with Crippen LogP contribution in [0.3, 0.4) is 0 Å². The topological polar surface area (TPSA) is 63.1 Å². The van der Waals surface area contributed by atoms with E-state index in [4.69, 9.17) is 11.6 Å². The summed E-state index contributed by atoms with van der Waals surface area (Å²) >= 11 is 5.62. The van der Waals surface area contributed by atoms with Gasteiger partial charge in [0.2, 0.25) is 0 Å². The van der Waals surface area contributed by atoms with Crippen LogP contribution in [-0.2, 0) is 6.18 Å². The van der Waals surface area contributed by atoms with E-state index < -0.39 is 11.9 Å². The molecular weight excluding hydrogens is 295 g/mol. The van der Waals surface area contributed by atoms with Gasteiger partial charge in [-0.15, -0.1) is 0 Å². The molecule has 0 aliphatic carbocycles. The number of hydrogen-bond donors (Lipinski definition) is 1. The second kappa shape index (κ2) is 5.83. The van der Waals surface area contributed by atoms with Crippen molar-refractivity contribution < 1.29 is 13.2 Å². The van der Waals surface area contributed by atoms with Gasteiger partial charge in [0.25, 0.3) is 0 Å². The Hall–Kier alpha value is -2.22. The average molecular weight is 302 g/mol. The van der Waals surface area contributed by atoms with Gasteiger partial charge in [-0.3, -0.25) is 15.4 Å². The van der Waals surface area contributed by atoms with Crippen molar-refractivity contribution in [2.24, 2.45) is 5.10 Å². The highest BCUT2D eigenvalue weighted by atomic mass is 35.5. The Morgan fingerprint density at radius 3 is 2.60 bits per heavy atom. The molecule has 104 valence electrons. The summed E-state index contributed by atoms with van der Waals surface area (Å²) in [5.41, 5.74) is 1.99. The minimum atomic E-state index is -4.45. The number of nitrogens with zero attached hydrogens (tertiary/aromatic N) is 4. The van der Waals surface area contributed by atoms with E-state index in [2.05, 4.69) is 25.5 Å². The first-order chi connectivity index (χ1) is 9.45. The van der Waals surface area contributed by atoms with Gasteiger partial charge in [-0.1, -0.05) is 11.6 Å². The molecule has 0 saturated carbocycles. The molecule has 20 heavy (non-hydrogen) atoms. The van der Waals surface area contributed by atoms with Crippen molar-refractivity contribution in [1.82, 2.24) is 15.0 Å². The number of rotatable bonds is 3. The number of anilines is 1. The summed E-state index contributed by atoms with van der Waals surface area (Å²) in [7, 11) is 0. The monoisotopic (exact) mass is 301 g/mol. The number of nitrogens with one attached hydrogen (secondary N) is 1. The molecule has 0 atom stereocenters. The maximum atomic E-state index is 12.3. The summed E-state index contributed by atoms with van der Waals surface area (Å²) < 4.78 is 36.9. The summed E-state index contributed by atoms with van der Waals surface area (Å²) in [6.45, 7) is 0. The van der Waals surface area contributed by atoms with Gasteiger partial charge in [-0.25, -0.2) is 4.98 Å². The van der Waals surface area contributed by atoms with E-state index in [1.807, 2.05) is 0 Å². The fraction of sp³-hybridized carbons (Fsp3) is 0.0909. The second-order valence-corrected chi connectivity index (χ2v) is 3.96. The van der Waals surface area contributed by atoms with E-state index in [0.717, 1.165) is 12.3 Å². The molecule has 0 aromatic carbocycles. The molecule has 0 spiro atoms. The molecular formula is C11H7ClF3N5. The Morgan fingerprint density at radius 1 is 1.20 bits per heavy atom. The van der Waals surface area contributed by atoms with Gasteiger partial charge in [-0.05, 0) is 12.1 Å². The zero-order valence-corrected chi connectivity index (χ0v) is 10.5. The molecule has 0 amide bonds. The van der Waals surface area contributed by atoms with E-state index in [1.165, 1.54) is 24.7 Å². The molecule has 0 unspecified atom stereocenters. The van der Waals surface area contributed by atoms with Crippen LogP contribution in [-0.4, -0.2) is 21.2 Å². The molecule has 5 nitrogen and oxygen atoms in total. The van der Waals surface area contributed by atoms with Gasteiger partial charge in [0.1, 0.15) is 10.8 Å². The molecule has 0 bridgehead atoms. The minimum absolute atomic E-state index is 0.196. The highest BCUT2D eigenvalue weighted by Crippen LogP contribution is 2.26. The third-order valence-electron chi connectivity index (χ3n) is 2.07. The minimum Gasteiger partial charge on any atom is -0.260 e. The highest BCUT2D eigenvalue weighted by molar-refractivity contribution is 6.29. The van der Waals surface area contributed by atoms with Crippen LogP contribution in [0.1, 0.15) is 11.3 Å². The van der Waals surface area contributed by atoms with Crippen LogP contribution in [0.15, 0.2) is 35.8 Å². The lowest BCUT2D eigenvalue weighted by Gasteiger charge is -2.04. The van der Waals surface area contributed by atoms with Gasteiger partial charge in [0.05, 0.1) is 18.6 Å². The Kier molecular flexibility index (Phi) is 4.14. The third-order valence-corrected chi connectivity index (χ3v) is 2.26. The predicted octanol–water partition coefficient (Wildman–Crippen LogP) is 2.99. The van der Waals surface area contributed by atoms with Crippen LogP contribution < -0.4 is 5.43 Å². The van der Waals surface area contributed by atoms with Crippen LogP contribution in [0.4, 0.5) is 19.0 Å². The van der Waals surface area contributed by atoms with Crippen molar-refractivity contribution in [3.63, 3.8) is 0 Å². The number of hydrogen-bond acceptors (Lipinski definition) is 5. The summed E-state index contributed by atoms with van der Waals surface area (Å²) in [6, 6.07) is 2.13. The predicted molar refractivity (Wildman–Crippen MR) is 67.5 cm³/mol. The van der Waals surface area contributed by atoms with Crippen LogP contribution in [0, 0.1) is 0 Å². The molecule has 0 aliphatic heterocycles. The number of alkyl halides is 3. The van der Waals surface area contributed by atoms with E-state index >= 15 is 0 Å². The first-order valence-electron chi connectivity index (χ1n) is 5.25. The average Bonchev–Trinajstić information content (AvgIpc) is 2.38. The SMILES string of the molecule is FC(F)(F)c1ccc(/C=N/Nc2cncc(Cl)n2)cn1. The maximum Gasteiger partial charge on any atom is 0.433 e. The van der Waals surface area contributed by atoms with Crippen molar-refractivity contribution in [3.8, 4) is 0 Å². The van der Waals surface area contributed by atoms with Crippen LogP contribution in [0.25, 0.3) is 0 Å². The zero-order valence-electron chi connectivity index (χ0n) is 9.76. The summed E-state index contributed by atoms with van der Waals surface area (Å²) in [4.78, 5) is 10.9. The van der Waals surface area contributed by atoms with Crippen molar-refractivity contribution in [2.75, 3.05) is 5.43 Å². The van der Waals surface area contributed by atoms with E-state index in [9.17, 15) is 13.2 Å². The zero-order chi connectivity index (χ0) is 14.6. The first kappa shape index (κ1) is 14.2. The Balaban J connectivity index is 2.01. The molecule has 0 fully saturated rings. The van der Waals surface area contributed by atoms with Gasteiger partial charge >= 0.3 is 6.18 Å². The number of hydrazone groups is 1. The summed E-state index contributed by atoms with van der Waals surface area (Å²) in [5, 5.41) is 3.98. The molecule has 0 aliphatic rings. The fourth-order valence-electron chi connectivity index (χ4n) is 1.22. The number of halogens is 4. The smallest absolute Gasteiger partial charge is 0.260 e. The quantitative estimate of drug-likeness (QED) is 0.699. The van der Waals surface area contributed by atoms with E-state index in [0.29, 0.717) is 11.4 Å². The van der Waals surface area contributed by atoms with Gasteiger partial charge in [-0.2, -0.15) is 18.3 Å². The Morgan fingerprint density at radius 2 is 2.00 bits per heavy atom. The normalized spacial score (nSPS) is 11.8. The number of pyridine rings is 1. The molecule has 9 heteroatoms. The molecule has 0 saturated heterocycles. The largest absolute Gasteiger partial charge is 0.433 e. The third kappa shape index (κ3) is 3.89. The van der Waals surface area contributed by atoms with Crippen molar-refractivity contribution in [2.45, 2.75) is 6.18 Å². The van der Waals surface area contributed by atoms with E-state index in [-0.39, 0.29) is 5.15 Å². The van der Waals surface area contributed by atoms with Crippen molar-refractivity contribution in [1.29, 1.82) is 0 Å². The maximum absolute atomic E-state index is 12.3. The lowest BCUT2D eigenvalue weighted by Crippen LogP contribution is -2.07. The van der Waals surface area contributed by atoms with Crippen LogP contribution in [0.5, 0.6) is 0 Å². The van der Waals surface area contributed by atoms with Crippen molar-refractivity contribution in [3.05, 3.63) is 47.1 Å². The Labute approximate surface area is 116 Å². The van der Waals surface area contributed by atoms with Gasteiger partial charge < -0.3 is 0 Å². The van der Waals surface area contributed by atoms with E-state index in [1.54, 1.807) is 0 Å². The summed E-state index contributed by atoms with van der Waals surface area (Å²) in [6.07, 6.45) is 0.669. The lowest BCUT2D eigenvalue weighted by molar-refractivity contribution is -0.141. The molecule has 1 N–H and O–H groups in total. The molecule has 2 aromatic rings. The Bertz CT molecular complexity index is 612. The van der Waals surface area contributed by atoms with Crippen LogP contribution >= 0.6 is 11.6 Å². The summed E-state index contributed by atoms with van der Waals surface area (Å²) in [5.74, 6) is 0.314.